The SMILES string of the molecule is C=C1CC12Cn1c(cc(OCc3ccc(Oc4ccc(F)c(C(F)(F)F)c4)nc3)nc1=O)N2C. The molecule has 1 atom stereocenters. The van der Waals surface area contributed by atoms with Crippen molar-refractivity contribution in [2.75, 3.05) is 11.9 Å². The van der Waals surface area contributed by atoms with E-state index in [2.05, 4.69) is 16.5 Å². The van der Waals surface area contributed by atoms with Crippen molar-refractivity contribution in [2.45, 2.75) is 31.3 Å². The lowest BCUT2D eigenvalue weighted by Gasteiger charge is -2.19. The smallest absolute Gasteiger partial charge is 0.419 e. The first-order valence-corrected chi connectivity index (χ1v) is 10.2. The van der Waals surface area contributed by atoms with Gasteiger partial charge in [-0.15, -0.1) is 0 Å². The Morgan fingerprint density at radius 3 is 2.59 bits per heavy atom. The zero-order valence-corrected chi connectivity index (χ0v) is 17.9. The Bertz CT molecular complexity index is 1350. The van der Waals surface area contributed by atoms with Gasteiger partial charge in [-0.2, -0.15) is 18.2 Å². The average Bonchev–Trinajstić information content (AvgIpc) is 3.35. The van der Waals surface area contributed by atoms with Gasteiger partial charge in [0, 0.05) is 30.9 Å². The van der Waals surface area contributed by atoms with Crippen LogP contribution in [0.5, 0.6) is 17.5 Å². The summed E-state index contributed by atoms with van der Waals surface area (Å²) < 4.78 is 64.6. The van der Waals surface area contributed by atoms with E-state index in [4.69, 9.17) is 9.47 Å². The Hall–Kier alpha value is -3.89. The Labute approximate surface area is 190 Å². The van der Waals surface area contributed by atoms with Gasteiger partial charge < -0.3 is 14.4 Å². The first-order chi connectivity index (χ1) is 16.1. The highest BCUT2D eigenvalue weighted by molar-refractivity contribution is 5.59. The molecule has 3 heterocycles. The van der Waals surface area contributed by atoms with Crippen molar-refractivity contribution in [1.29, 1.82) is 0 Å². The van der Waals surface area contributed by atoms with E-state index in [-0.39, 0.29) is 29.7 Å². The van der Waals surface area contributed by atoms with Gasteiger partial charge in [-0.25, -0.2) is 14.2 Å². The molecule has 1 fully saturated rings. The van der Waals surface area contributed by atoms with Gasteiger partial charge in [0.2, 0.25) is 11.8 Å². The molecule has 1 aliphatic carbocycles. The summed E-state index contributed by atoms with van der Waals surface area (Å²) in [5, 5.41) is 0. The zero-order valence-electron chi connectivity index (χ0n) is 17.9. The van der Waals surface area contributed by atoms with Gasteiger partial charge in [0.25, 0.3) is 0 Å². The lowest BCUT2D eigenvalue weighted by molar-refractivity contribution is -0.140. The number of hydrogen-bond acceptors (Lipinski definition) is 6. The molecule has 34 heavy (non-hydrogen) atoms. The van der Waals surface area contributed by atoms with Gasteiger partial charge in [-0.3, -0.25) is 4.57 Å². The fourth-order valence-electron chi connectivity index (χ4n) is 4.01. The van der Waals surface area contributed by atoms with Crippen molar-refractivity contribution in [1.82, 2.24) is 14.5 Å². The van der Waals surface area contributed by atoms with Gasteiger partial charge in [0.15, 0.2) is 0 Å². The molecule has 3 aromatic rings. The van der Waals surface area contributed by atoms with Crippen molar-refractivity contribution in [3.63, 3.8) is 0 Å². The lowest BCUT2D eigenvalue weighted by atomic mass is 10.2. The Morgan fingerprint density at radius 1 is 1.18 bits per heavy atom. The van der Waals surface area contributed by atoms with E-state index in [9.17, 15) is 22.4 Å². The second kappa shape index (κ2) is 7.57. The number of halogens is 4. The monoisotopic (exact) mass is 474 g/mol. The van der Waals surface area contributed by atoms with Crippen LogP contribution in [0.25, 0.3) is 0 Å². The summed E-state index contributed by atoms with van der Waals surface area (Å²) in [6.07, 6.45) is -2.59. The molecule has 1 saturated carbocycles. The maximum atomic E-state index is 13.4. The second-order valence-corrected chi connectivity index (χ2v) is 8.23. The molecule has 11 heteroatoms. The van der Waals surface area contributed by atoms with Crippen LogP contribution in [-0.4, -0.2) is 27.1 Å². The van der Waals surface area contributed by atoms with Crippen LogP contribution in [0.3, 0.4) is 0 Å². The molecule has 2 aliphatic rings. The number of ether oxygens (including phenoxy) is 2. The van der Waals surface area contributed by atoms with Crippen LogP contribution in [0.1, 0.15) is 17.5 Å². The van der Waals surface area contributed by atoms with Crippen molar-refractivity contribution in [3.05, 3.63) is 82.2 Å². The first kappa shape index (κ1) is 21.9. The third kappa shape index (κ3) is 3.76. The number of benzene rings is 1. The van der Waals surface area contributed by atoms with Gasteiger partial charge in [0.1, 0.15) is 24.0 Å². The van der Waals surface area contributed by atoms with Crippen molar-refractivity contribution in [3.8, 4) is 17.5 Å². The average molecular weight is 474 g/mol. The number of rotatable bonds is 5. The van der Waals surface area contributed by atoms with Gasteiger partial charge in [-0.05, 0) is 36.3 Å². The molecule has 0 radical (unpaired) electrons. The quantitative estimate of drug-likeness (QED) is 0.406. The zero-order chi connectivity index (χ0) is 24.3. The molecule has 176 valence electrons. The fourth-order valence-corrected chi connectivity index (χ4v) is 4.01. The Morgan fingerprint density at radius 2 is 1.94 bits per heavy atom. The van der Waals surface area contributed by atoms with Gasteiger partial charge in [-0.1, -0.05) is 6.58 Å². The summed E-state index contributed by atoms with van der Waals surface area (Å²) in [4.78, 5) is 22.5. The molecule has 0 bridgehead atoms. The van der Waals surface area contributed by atoms with Crippen LogP contribution >= 0.6 is 0 Å². The predicted molar refractivity (Wildman–Crippen MR) is 113 cm³/mol. The number of nitrogens with zero attached hydrogens (tertiary/aromatic N) is 4. The predicted octanol–water partition coefficient (Wildman–Crippen LogP) is 4.32. The molecule has 1 aromatic carbocycles. The number of alkyl halides is 3. The van der Waals surface area contributed by atoms with Crippen LogP contribution in [0.15, 0.2) is 59.5 Å². The van der Waals surface area contributed by atoms with Gasteiger partial charge >= 0.3 is 11.9 Å². The van der Waals surface area contributed by atoms with Crippen molar-refractivity contribution < 1.29 is 27.0 Å². The molecular formula is C23H18F4N4O3. The highest BCUT2D eigenvalue weighted by Gasteiger charge is 2.56. The normalized spacial score (nSPS) is 18.9. The maximum Gasteiger partial charge on any atom is 0.419 e. The minimum absolute atomic E-state index is 0.0222. The molecule has 1 spiro atoms. The van der Waals surface area contributed by atoms with E-state index in [0.717, 1.165) is 18.1 Å². The minimum atomic E-state index is -4.84. The number of hydrogen-bond donors (Lipinski definition) is 0. The summed E-state index contributed by atoms with van der Waals surface area (Å²) >= 11 is 0. The number of aromatic nitrogens is 3. The van der Waals surface area contributed by atoms with E-state index in [1.165, 1.54) is 12.3 Å². The standard InChI is InChI=1S/C23H18F4N4O3/c1-13-9-22(13)12-31-20(30(22)2)8-19(29-21(31)32)33-11-14-3-6-18(28-10-14)34-15-4-5-17(24)16(7-15)23(25,26)27/h3-8,10H,1,9,11-12H2,2H3. The van der Waals surface area contributed by atoms with E-state index >= 15 is 0 Å². The molecular weight excluding hydrogens is 456 g/mol. The molecule has 7 nitrogen and oxygen atoms in total. The number of fused-ring (bicyclic) bond motifs is 1. The maximum absolute atomic E-state index is 13.4. The van der Waals surface area contributed by atoms with E-state index in [0.29, 0.717) is 30.1 Å². The van der Waals surface area contributed by atoms with E-state index in [1.54, 1.807) is 16.7 Å². The summed E-state index contributed by atoms with van der Waals surface area (Å²) in [7, 11) is 1.90. The topological polar surface area (TPSA) is 69.5 Å². The van der Waals surface area contributed by atoms with Crippen LogP contribution in [0.2, 0.25) is 0 Å². The molecule has 1 unspecified atom stereocenters. The molecule has 0 saturated heterocycles. The van der Waals surface area contributed by atoms with Gasteiger partial charge in [0.05, 0.1) is 17.6 Å². The third-order valence-corrected chi connectivity index (χ3v) is 6.06. The summed E-state index contributed by atoms with van der Waals surface area (Å²) in [6, 6.07) is 7.08. The first-order valence-electron chi connectivity index (χ1n) is 10.2. The summed E-state index contributed by atoms with van der Waals surface area (Å²) in [5.74, 6) is -0.698. The minimum Gasteiger partial charge on any atom is -0.473 e. The highest BCUT2D eigenvalue weighted by atomic mass is 19.4. The lowest BCUT2D eigenvalue weighted by Crippen LogP contribution is -2.30. The van der Waals surface area contributed by atoms with Crippen LogP contribution in [-0.2, 0) is 19.3 Å². The number of pyridine rings is 1. The molecule has 1 aliphatic heterocycles. The number of anilines is 1. The molecule has 5 rings (SSSR count). The van der Waals surface area contributed by atoms with Crippen molar-refractivity contribution >= 4 is 5.82 Å². The summed E-state index contributed by atoms with van der Waals surface area (Å²) in [6.45, 7) is 4.60. The van der Waals surface area contributed by atoms with E-state index in [1.807, 2.05) is 11.9 Å². The van der Waals surface area contributed by atoms with Crippen LogP contribution in [0.4, 0.5) is 23.4 Å². The Kier molecular flexibility index (Phi) is 4.88. The van der Waals surface area contributed by atoms with Crippen LogP contribution < -0.4 is 20.1 Å². The Balaban J connectivity index is 1.25. The second-order valence-electron chi connectivity index (χ2n) is 8.23. The molecule has 0 N–H and O–H groups in total. The fraction of sp³-hybridized carbons (Fsp3) is 0.261. The van der Waals surface area contributed by atoms with Crippen molar-refractivity contribution in [2.24, 2.45) is 0 Å². The van der Waals surface area contributed by atoms with Crippen LogP contribution in [0, 0.1) is 5.82 Å². The highest BCUT2D eigenvalue weighted by Crippen LogP contribution is 2.52. The molecule has 0 amide bonds. The largest absolute Gasteiger partial charge is 0.473 e. The molecule has 2 aromatic heterocycles. The van der Waals surface area contributed by atoms with E-state index < -0.39 is 23.2 Å². The number of likely N-dealkylation sites (N-methyl/N-ethyl adjacent to an activating group) is 1. The third-order valence-electron chi connectivity index (χ3n) is 6.06. The summed E-state index contributed by atoms with van der Waals surface area (Å²) in [5.41, 5.74) is -0.350.